The van der Waals surface area contributed by atoms with Gasteiger partial charge < -0.3 is 10.6 Å². The van der Waals surface area contributed by atoms with Gasteiger partial charge in [-0.05, 0) is 18.2 Å². The highest BCUT2D eigenvalue weighted by molar-refractivity contribution is 9.10. The lowest BCUT2D eigenvalue weighted by molar-refractivity contribution is -0.137. The Bertz CT molecular complexity index is 435. The number of anilines is 1. The highest BCUT2D eigenvalue weighted by atomic mass is 79.9. The highest BCUT2D eigenvalue weighted by Crippen LogP contribution is 2.33. The Morgan fingerprint density at radius 2 is 2.00 bits per heavy atom. The van der Waals surface area contributed by atoms with Crippen LogP contribution in [0, 0.1) is 0 Å². The van der Waals surface area contributed by atoms with Crippen molar-refractivity contribution < 1.29 is 18.0 Å². The van der Waals surface area contributed by atoms with Crippen LogP contribution in [0.1, 0.15) is 12.0 Å². The molecule has 0 radical (unpaired) electrons. The van der Waals surface area contributed by atoms with Crippen molar-refractivity contribution in [2.75, 3.05) is 18.9 Å². The molecule has 0 aliphatic rings. The summed E-state index contributed by atoms with van der Waals surface area (Å²) in [5.74, 6) is -0.173. The molecule has 0 atom stereocenters. The van der Waals surface area contributed by atoms with Crippen molar-refractivity contribution in [3.63, 3.8) is 0 Å². The minimum absolute atomic E-state index is 0.173. The standard InChI is InChI=1S/C11H12BrF3N2O/c1-16-10(18)2-3-17-9-5-7(11(13,14)15)4-8(12)6-9/h4-6,17H,2-3H2,1H3,(H,16,18). The van der Waals surface area contributed by atoms with Gasteiger partial charge in [-0.3, -0.25) is 4.79 Å². The first-order valence-corrected chi connectivity index (χ1v) is 5.94. The second-order valence-electron chi connectivity index (χ2n) is 3.58. The predicted octanol–water partition coefficient (Wildman–Crippen LogP) is 3.02. The summed E-state index contributed by atoms with van der Waals surface area (Å²) >= 11 is 3.02. The molecule has 7 heteroatoms. The van der Waals surface area contributed by atoms with Crippen molar-refractivity contribution in [1.29, 1.82) is 0 Å². The van der Waals surface area contributed by atoms with E-state index in [1.165, 1.54) is 13.1 Å². The molecule has 1 aromatic rings. The van der Waals surface area contributed by atoms with E-state index in [1.807, 2.05) is 0 Å². The van der Waals surface area contributed by atoms with Crippen molar-refractivity contribution in [1.82, 2.24) is 5.32 Å². The third-order valence-corrected chi connectivity index (χ3v) is 2.64. The third-order valence-electron chi connectivity index (χ3n) is 2.19. The van der Waals surface area contributed by atoms with Gasteiger partial charge in [0.2, 0.25) is 5.91 Å². The molecule has 0 heterocycles. The average Bonchev–Trinajstić information content (AvgIpc) is 2.27. The lowest BCUT2D eigenvalue weighted by atomic mass is 10.2. The maximum Gasteiger partial charge on any atom is 0.416 e. The lowest BCUT2D eigenvalue weighted by Crippen LogP contribution is -2.20. The van der Waals surface area contributed by atoms with E-state index in [0.717, 1.165) is 12.1 Å². The zero-order valence-electron chi connectivity index (χ0n) is 9.57. The van der Waals surface area contributed by atoms with Crippen molar-refractivity contribution >= 4 is 27.5 Å². The molecule has 18 heavy (non-hydrogen) atoms. The van der Waals surface area contributed by atoms with E-state index in [2.05, 4.69) is 26.6 Å². The zero-order chi connectivity index (χ0) is 13.8. The summed E-state index contributed by atoms with van der Waals surface area (Å²) in [6.45, 7) is 0.271. The number of halogens is 4. The third kappa shape index (κ3) is 4.56. The number of hydrogen-bond acceptors (Lipinski definition) is 2. The molecule has 0 saturated heterocycles. The number of carbonyl (C=O) groups is 1. The molecule has 0 fully saturated rings. The fraction of sp³-hybridized carbons (Fsp3) is 0.364. The molecule has 0 aliphatic heterocycles. The number of nitrogens with one attached hydrogen (secondary N) is 2. The highest BCUT2D eigenvalue weighted by Gasteiger charge is 2.31. The summed E-state index contributed by atoms with van der Waals surface area (Å²) in [6.07, 6.45) is -4.19. The SMILES string of the molecule is CNC(=O)CCNc1cc(Br)cc(C(F)(F)F)c1. The van der Waals surface area contributed by atoms with Crippen LogP contribution >= 0.6 is 15.9 Å². The van der Waals surface area contributed by atoms with Gasteiger partial charge in [0.05, 0.1) is 5.56 Å². The number of amides is 1. The molecular weight excluding hydrogens is 313 g/mol. The molecule has 3 nitrogen and oxygen atoms in total. The van der Waals surface area contributed by atoms with Crippen LogP contribution in [0.25, 0.3) is 0 Å². The van der Waals surface area contributed by atoms with Crippen LogP contribution in [0.4, 0.5) is 18.9 Å². The van der Waals surface area contributed by atoms with Crippen LogP contribution in [-0.4, -0.2) is 19.5 Å². The smallest absolute Gasteiger partial charge is 0.384 e. The Balaban J connectivity index is 2.72. The molecule has 1 rings (SSSR count). The Labute approximate surface area is 111 Å². The fourth-order valence-corrected chi connectivity index (χ4v) is 1.79. The predicted molar refractivity (Wildman–Crippen MR) is 66.3 cm³/mol. The summed E-state index contributed by atoms with van der Waals surface area (Å²) in [6, 6.07) is 3.54. The van der Waals surface area contributed by atoms with Crippen LogP contribution in [0.3, 0.4) is 0 Å². The van der Waals surface area contributed by atoms with E-state index in [4.69, 9.17) is 0 Å². The monoisotopic (exact) mass is 324 g/mol. The van der Waals surface area contributed by atoms with Gasteiger partial charge in [0.1, 0.15) is 0 Å². The van der Waals surface area contributed by atoms with Gasteiger partial charge >= 0.3 is 6.18 Å². The van der Waals surface area contributed by atoms with E-state index in [9.17, 15) is 18.0 Å². The fourth-order valence-electron chi connectivity index (χ4n) is 1.30. The Hall–Kier alpha value is -1.24. The van der Waals surface area contributed by atoms with Crippen molar-refractivity contribution in [3.05, 3.63) is 28.2 Å². The van der Waals surface area contributed by atoms with Crippen molar-refractivity contribution in [2.45, 2.75) is 12.6 Å². The molecule has 0 unspecified atom stereocenters. The minimum Gasteiger partial charge on any atom is -0.384 e. The van der Waals surface area contributed by atoms with Crippen LogP contribution in [0.5, 0.6) is 0 Å². The van der Waals surface area contributed by atoms with Crippen LogP contribution in [0.15, 0.2) is 22.7 Å². The van der Waals surface area contributed by atoms with Gasteiger partial charge in [-0.1, -0.05) is 15.9 Å². The summed E-state index contributed by atoms with van der Waals surface area (Å²) in [4.78, 5) is 11.0. The maximum atomic E-state index is 12.5. The van der Waals surface area contributed by atoms with Gasteiger partial charge in [0, 0.05) is 30.2 Å². The molecule has 0 aliphatic carbocycles. The summed E-state index contributed by atoms with van der Waals surface area (Å²) in [5.41, 5.74) is -0.417. The van der Waals surface area contributed by atoms with Crippen LogP contribution in [0.2, 0.25) is 0 Å². The molecule has 100 valence electrons. The average molecular weight is 325 g/mol. The number of carbonyl (C=O) groups excluding carboxylic acids is 1. The van der Waals surface area contributed by atoms with Crippen LogP contribution in [-0.2, 0) is 11.0 Å². The molecule has 0 saturated carbocycles. The Morgan fingerprint density at radius 1 is 1.33 bits per heavy atom. The van der Waals surface area contributed by atoms with E-state index >= 15 is 0 Å². The zero-order valence-corrected chi connectivity index (χ0v) is 11.2. The Morgan fingerprint density at radius 3 is 2.56 bits per heavy atom. The second kappa shape index (κ2) is 6.08. The minimum atomic E-state index is -4.39. The van der Waals surface area contributed by atoms with E-state index in [0.29, 0.717) is 10.2 Å². The van der Waals surface area contributed by atoms with E-state index in [1.54, 1.807) is 0 Å². The first-order chi connectivity index (χ1) is 8.32. The van der Waals surface area contributed by atoms with Gasteiger partial charge in [-0.25, -0.2) is 0 Å². The number of rotatable bonds is 4. The molecule has 0 spiro atoms. The number of hydrogen-bond donors (Lipinski definition) is 2. The van der Waals surface area contributed by atoms with Gasteiger partial charge in [0.25, 0.3) is 0 Å². The molecule has 1 aromatic carbocycles. The van der Waals surface area contributed by atoms with Gasteiger partial charge in [-0.15, -0.1) is 0 Å². The summed E-state index contributed by atoms with van der Waals surface area (Å²) in [5, 5.41) is 5.20. The van der Waals surface area contributed by atoms with E-state index in [-0.39, 0.29) is 18.9 Å². The normalized spacial score (nSPS) is 11.2. The van der Waals surface area contributed by atoms with E-state index < -0.39 is 11.7 Å². The maximum absolute atomic E-state index is 12.5. The molecular formula is C11H12BrF3N2O. The van der Waals surface area contributed by atoms with Gasteiger partial charge in [-0.2, -0.15) is 13.2 Å². The van der Waals surface area contributed by atoms with Gasteiger partial charge in [0.15, 0.2) is 0 Å². The molecule has 2 N–H and O–H groups in total. The largest absolute Gasteiger partial charge is 0.416 e. The molecule has 1 amide bonds. The van der Waals surface area contributed by atoms with Crippen molar-refractivity contribution in [2.24, 2.45) is 0 Å². The molecule has 0 aromatic heterocycles. The quantitative estimate of drug-likeness (QED) is 0.893. The molecule has 0 bridgehead atoms. The number of alkyl halides is 3. The topological polar surface area (TPSA) is 41.1 Å². The second-order valence-corrected chi connectivity index (χ2v) is 4.49. The van der Waals surface area contributed by atoms with Crippen molar-refractivity contribution in [3.8, 4) is 0 Å². The number of benzene rings is 1. The summed E-state index contributed by atoms with van der Waals surface area (Å²) in [7, 11) is 1.50. The van der Waals surface area contributed by atoms with Crippen LogP contribution < -0.4 is 10.6 Å². The summed E-state index contributed by atoms with van der Waals surface area (Å²) < 4.78 is 38.0. The first-order valence-electron chi connectivity index (χ1n) is 5.15. The lowest BCUT2D eigenvalue weighted by Gasteiger charge is -2.11. The Kier molecular flexibility index (Phi) is 5.01. The first kappa shape index (κ1) is 14.8.